The predicted octanol–water partition coefficient (Wildman–Crippen LogP) is 4.47. The standard InChI is InChI=1S/C16H16ClNOS/c1-3-11-4-6-12(7-5-11)18(2)16(19)14-10-13(20)8-9-15(14)17/h4-10,20H,3H2,1-2H3. The van der Waals surface area contributed by atoms with E-state index in [4.69, 9.17) is 11.6 Å². The van der Waals surface area contributed by atoms with Crippen LogP contribution in [-0.2, 0) is 6.42 Å². The van der Waals surface area contributed by atoms with Gasteiger partial charge in [0, 0.05) is 17.6 Å². The minimum atomic E-state index is -0.143. The van der Waals surface area contributed by atoms with E-state index in [0.717, 1.165) is 12.1 Å². The van der Waals surface area contributed by atoms with E-state index in [1.807, 2.05) is 24.3 Å². The third kappa shape index (κ3) is 3.17. The quantitative estimate of drug-likeness (QED) is 0.830. The number of rotatable bonds is 3. The van der Waals surface area contributed by atoms with Gasteiger partial charge in [0.05, 0.1) is 10.6 Å². The van der Waals surface area contributed by atoms with Gasteiger partial charge in [0.25, 0.3) is 5.91 Å². The maximum atomic E-state index is 12.5. The molecule has 0 radical (unpaired) electrons. The molecular formula is C16H16ClNOS. The summed E-state index contributed by atoms with van der Waals surface area (Å²) in [6.45, 7) is 2.10. The maximum absolute atomic E-state index is 12.5. The van der Waals surface area contributed by atoms with Gasteiger partial charge in [-0.3, -0.25) is 4.79 Å². The number of hydrogen-bond acceptors (Lipinski definition) is 2. The van der Waals surface area contributed by atoms with Gasteiger partial charge in [-0.2, -0.15) is 0 Å². The minimum Gasteiger partial charge on any atom is -0.311 e. The Morgan fingerprint density at radius 2 is 1.85 bits per heavy atom. The largest absolute Gasteiger partial charge is 0.311 e. The summed E-state index contributed by atoms with van der Waals surface area (Å²) >= 11 is 10.3. The fourth-order valence-electron chi connectivity index (χ4n) is 1.93. The molecule has 104 valence electrons. The van der Waals surface area contributed by atoms with Crippen molar-refractivity contribution < 1.29 is 4.79 Å². The molecule has 2 aromatic rings. The molecule has 0 aliphatic rings. The van der Waals surface area contributed by atoms with Crippen molar-refractivity contribution in [2.24, 2.45) is 0 Å². The number of thiol groups is 1. The Morgan fingerprint density at radius 3 is 2.45 bits per heavy atom. The number of amides is 1. The molecule has 4 heteroatoms. The third-order valence-electron chi connectivity index (χ3n) is 3.22. The third-order valence-corrected chi connectivity index (χ3v) is 3.82. The highest BCUT2D eigenvalue weighted by atomic mass is 35.5. The van der Waals surface area contributed by atoms with E-state index in [9.17, 15) is 4.79 Å². The van der Waals surface area contributed by atoms with Crippen molar-refractivity contribution in [3.8, 4) is 0 Å². The van der Waals surface area contributed by atoms with Gasteiger partial charge in [-0.1, -0.05) is 30.7 Å². The van der Waals surface area contributed by atoms with Crippen LogP contribution >= 0.6 is 24.2 Å². The average Bonchev–Trinajstić information content (AvgIpc) is 2.48. The van der Waals surface area contributed by atoms with Crippen molar-refractivity contribution in [2.45, 2.75) is 18.2 Å². The van der Waals surface area contributed by atoms with E-state index < -0.39 is 0 Å². The van der Waals surface area contributed by atoms with E-state index in [1.165, 1.54) is 5.56 Å². The van der Waals surface area contributed by atoms with Gasteiger partial charge >= 0.3 is 0 Å². The highest BCUT2D eigenvalue weighted by molar-refractivity contribution is 7.80. The second kappa shape index (κ2) is 6.33. The molecule has 0 N–H and O–H groups in total. The van der Waals surface area contributed by atoms with E-state index in [0.29, 0.717) is 15.5 Å². The second-order valence-corrected chi connectivity index (χ2v) is 5.47. The fraction of sp³-hybridized carbons (Fsp3) is 0.188. The summed E-state index contributed by atoms with van der Waals surface area (Å²) in [5.41, 5.74) is 2.54. The molecular weight excluding hydrogens is 290 g/mol. The summed E-state index contributed by atoms with van der Waals surface area (Å²) in [4.78, 5) is 14.8. The number of nitrogens with zero attached hydrogens (tertiary/aromatic N) is 1. The topological polar surface area (TPSA) is 20.3 Å². The van der Waals surface area contributed by atoms with Crippen molar-refractivity contribution in [1.29, 1.82) is 0 Å². The Bertz CT molecular complexity index is 625. The van der Waals surface area contributed by atoms with Crippen molar-refractivity contribution in [2.75, 3.05) is 11.9 Å². The number of anilines is 1. The van der Waals surface area contributed by atoms with Crippen LogP contribution in [0.1, 0.15) is 22.8 Å². The summed E-state index contributed by atoms with van der Waals surface area (Å²) in [6.07, 6.45) is 0.978. The van der Waals surface area contributed by atoms with Crippen LogP contribution in [-0.4, -0.2) is 13.0 Å². The van der Waals surface area contributed by atoms with Crippen LogP contribution in [0.5, 0.6) is 0 Å². The summed E-state index contributed by atoms with van der Waals surface area (Å²) < 4.78 is 0. The number of aryl methyl sites for hydroxylation is 1. The van der Waals surface area contributed by atoms with Crippen LogP contribution in [0, 0.1) is 0 Å². The molecule has 2 nitrogen and oxygen atoms in total. The highest BCUT2D eigenvalue weighted by Crippen LogP contribution is 2.23. The van der Waals surface area contributed by atoms with Gasteiger partial charge in [0.2, 0.25) is 0 Å². The molecule has 0 atom stereocenters. The molecule has 0 fully saturated rings. The lowest BCUT2D eigenvalue weighted by atomic mass is 10.1. The Balaban J connectivity index is 2.29. The SMILES string of the molecule is CCc1ccc(N(C)C(=O)c2cc(S)ccc2Cl)cc1. The number of carbonyl (C=O) groups is 1. The molecule has 0 heterocycles. The molecule has 0 spiro atoms. The Hall–Kier alpha value is -1.45. The highest BCUT2D eigenvalue weighted by Gasteiger charge is 2.16. The zero-order chi connectivity index (χ0) is 14.7. The lowest BCUT2D eigenvalue weighted by Gasteiger charge is -2.18. The molecule has 0 saturated carbocycles. The van der Waals surface area contributed by atoms with Gasteiger partial charge in [-0.15, -0.1) is 12.6 Å². The van der Waals surface area contributed by atoms with E-state index in [1.54, 1.807) is 30.1 Å². The van der Waals surface area contributed by atoms with Gasteiger partial charge in [0.15, 0.2) is 0 Å². The fourth-order valence-corrected chi connectivity index (χ4v) is 2.33. The van der Waals surface area contributed by atoms with Crippen LogP contribution in [0.15, 0.2) is 47.4 Å². The number of carbonyl (C=O) groups excluding carboxylic acids is 1. The minimum absolute atomic E-state index is 0.143. The first-order valence-electron chi connectivity index (χ1n) is 6.38. The van der Waals surface area contributed by atoms with Crippen molar-refractivity contribution in [1.82, 2.24) is 0 Å². The summed E-state index contributed by atoms with van der Waals surface area (Å²) in [5.74, 6) is -0.143. The maximum Gasteiger partial charge on any atom is 0.259 e. The van der Waals surface area contributed by atoms with Crippen LogP contribution in [0.2, 0.25) is 5.02 Å². The number of halogens is 1. The van der Waals surface area contributed by atoms with Crippen LogP contribution in [0.25, 0.3) is 0 Å². The first-order valence-corrected chi connectivity index (χ1v) is 7.21. The summed E-state index contributed by atoms with van der Waals surface area (Å²) in [5, 5.41) is 0.435. The monoisotopic (exact) mass is 305 g/mol. The first kappa shape index (κ1) is 14.9. The van der Waals surface area contributed by atoms with Gasteiger partial charge < -0.3 is 4.90 Å². The zero-order valence-electron chi connectivity index (χ0n) is 11.4. The average molecular weight is 306 g/mol. The molecule has 20 heavy (non-hydrogen) atoms. The van der Waals surface area contributed by atoms with E-state index >= 15 is 0 Å². The lowest BCUT2D eigenvalue weighted by Crippen LogP contribution is -2.26. The molecule has 0 bridgehead atoms. The number of hydrogen-bond donors (Lipinski definition) is 1. The molecule has 0 aliphatic carbocycles. The molecule has 0 aliphatic heterocycles. The normalized spacial score (nSPS) is 10.4. The van der Waals surface area contributed by atoms with Gasteiger partial charge in [-0.05, 0) is 42.3 Å². The molecule has 2 aromatic carbocycles. The Kier molecular flexibility index (Phi) is 4.73. The zero-order valence-corrected chi connectivity index (χ0v) is 13.1. The van der Waals surface area contributed by atoms with Gasteiger partial charge in [0.1, 0.15) is 0 Å². The number of benzene rings is 2. The predicted molar refractivity (Wildman–Crippen MR) is 87.3 cm³/mol. The summed E-state index contributed by atoms with van der Waals surface area (Å²) in [7, 11) is 1.74. The van der Waals surface area contributed by atoms with Crippen molar-refractivity contribution in [3.05, 3.63) is 58.6 Å². The Morgan fingerprint density at radius 1 is 1.20 bits per heavy atom. The van der Waals surface area contributed by atoms with Crippen LogP contribution in [0.3, 0.4) is 0 Å². The second-order valence-electron chi connectivity index (χ2n) is 4.55. The smallest absolute Gasteiger partial charge is 0.259 e. The van der Waals surface area contributed by atoms with Gasteiger partial charge in [-0.25, -0.2) is 0 Å². The molecule has 0 unspecified atom stereocenters. The van der Waals surface area contributed by atoms with E-state index in [-0.39, 0.29) is 5.91 Å². The summed E-state index contributed by atoms with van der Waals surface area (Å²) in [6, 6.07) is 13.1. The molecule has 0 saturated heterocycles. The van der Waals surface area contributed by atoms with Crippen LogP contribution in [0.4, 0.5) is 5.69 Å². The molecule has 1 amide bonds. The molecule has 2 rings (SSSR count). The first-order chi connectivity index (χ1) is 9.52. The lowest BCUT2D eigenvalue weighted by molar-refractivity contribution is 0.0993. The van der Waals surface area contributed by atoms with E-state index in [2.05, 4.69) is 19.6 Å². The molecule has 0 aromatic heterocycles. The van der Waals surface area contributed by atoms with Crippen LogP contribution < -0.4 is 4.90 Å². The van der Waals surface area contributed by atoms with Crippen molar-refractivity contribution in [3.63, 3.8) is 0 Å². The van der Waals surface area contributed by atoms with Crippen molar-refractivity contribution >= 4 is 35.8 Å². The Labute approximate surface area is 129 Å².